The molecule has 0 unspecified atom stereocenters. The van der Waals surface area contributed by atoms with Crippen LogP contribution in [-0.4, -0.2) is 29.7 Å². The molecule has 0 spiro atoms. The Morgan fingerprint density at radius 1 is 1.47 bits per heavy atom. The van der Waals surface area contributed by atoms with Gasteiger partial charge in [0.2, 0.25) is 0 Å². The lowest BCUT2D eigenvalue weighted by Crippen LogP contribution is -2.28. The maximum Gasteiger partial charge on any atom is 0.192 e. The molecule has 1 aromatic heterocycles. The Kier molecular flexibility index (Phi) is 6.49. The quantitative estimate of drug-likeness (QED) is 0.381. The van der Waals surface area contributed by atoms with Crippen molar-refractivity contribution in [3.8, 4) is 0 Å². The molecule has 0 aromatic carbocycles. The molecule has 1 aliphatic rings. The second-order valence-corrected chi connectivity index (χ2v) is 5.44. The minimum absolute atomic E-state index is 0.0127. The number of allylic oxidation sites excluding steroid dienone is 1. The van der Waals surface area contributed by atoms with E-state index in [1.165, 1.54) is 11.3 Å². The van der Waals surface area contributed by atoms with Crippen LogP contribution in [0.5, 0.6) is 0 Å². The van der Waals surface area contributed by atoms with Gasteiger partial charge in [0, 0.05) is 18.5 Å². The largest absolute Gasteiger partial charge is 0.365 e. The first-order valence-corrected chi connectivity index (χ1v) is 6.64. The monoisotopic (exact) mass is 299 g/mol. The number of nitrogens with two attached hydrogens (primary N) is 2. The normalized spacial score (nSPS) is 13.6. The predicted octanol–water partition coefficient (Wildman–Crippen LogP) is 1.38. The van der Waals surface area contributed by atoms with Crippen LogP contribution in [0.1, 0.15) is 16.1 Å². The molecule has 4 N–H and O–H groups in total. The zero-order valence-corrected chi connectivity index (χ0v) is 11.7. The molecule has 2 heterocycles. The number of ketones is 1. The van der Waals surface area contributed by atoms with Gasteiger partial charge in [-0.05, 0) is 18.3 Å². The third-order valence-corrected chi connectivity index (χ3v) is 3.69. The van der Waals surface area contributed by atoms with Gasteiger partial charge in [-0.3, -0.25) is 16.5 Å². The van der Waals surface area contributed by atoms with Gasteiger partial charge in [-0.1, -0.05) is 17.7 Å². The summed E-state index contributed by atoms with van der Waals surface area (Å²) in [7, 11) is 0. The molecule has 2 rings (SSSR count). The summed E-state index contributed by atoms with van der Waals surface area (Å²) in [4.78, 5) is 24.9. The third-order valence-electron chi connectivity index (χ3n) is 2.41. The van der Waals surface area contributed by atoms with Crippen LogP contribution in [0, 0.1) is 0 Å². The Bertz CT molecular complexity index is 521. The molecule has 102 valence electrons. The van der Waals surface area contributed by atoms with Gasteiger partial charge in [-0.25, -0.2) is 4.79 Å². The summed E-state index contributed by atoms with van der Waals surface area (Å²) < 4.78 is 0.607. The number of rotatable bonds is 3. The lowest BCUT2D eigenvalue weighted by atomic mass is 10.1. The van der Waals surface area contributed by atoms with E-state index in [1.54, 1.807) is 17.0 Å². The van der Waals surface area contributed by atoms with Crippen molar-refractivity contribution in [2.75, 3.05) is 13.1 Å². The minimum Gasteiger partial charge on any atom is -0.365 e. The third kappa shape index (κ3) is 4.63. The van der Waals surface area contributed by atoms with Crippen molar-refractivity contribution in [3.63, 3.8) is 0 Å². The van der Waals surface area contributed by atoms with Gasteiger partial charge >= 0.3 is 0 Å². The first-order valence-electron chi connectivity index (χ1n) is 5.44. The van der Waals surface area contributed by atoms with Crippen LogP contribution in [0.2, 0.25) is 4.34 Å². The molecule has 0 amide bonds. The minimum atomic E-state index is 0.0127. The molecular formula is C12H14ClN3O2S. The molecule has 7 heteroatoms. The van der Waals surface area contributed by atoms with Crippen molar-refractivity contribution >= 4 is 34.7 Å². The maximum absolute atomic E-state index is 11.9. The average Bonchev–Trinajstić information content (AvgIpc) is 2.88. The Morgan fingerprint density at radius 3 is 2.79 bits per heavy atom. The number of hydrogen-bond donors (Lipinski definition) is 2. The van der Waals surface area contributed by atoms with Gasteiger partial charge in [-0.2, -0.15) is 0 Å². The lowest BCUT2D eigenvalue weighted by molar-refractivity contribution is 0.0961. The smallest absolute Gasteiger partial charge is 0.192 e. The molecule has 0 atom stereocenters. The molecule has 0 bridgehead atoms. The van der Waals surface area contributed by atoms with Crippen molar-refractivity contribution in [1.82, 2.24) is 4.90 Å². The molecule has 0 aliphatic carbocycles. The van der Waals surface area contributed by atoms with Crippen LogP contribution in [0.4, 0.5) is 0 Å². The van der Waals surface area contributed by atoms with E-state index in [4.69, 9.17) is 11.6 Å². The predicted molar refractivity (Wildman–Crippen MR) is 76.6 cm³/mol. The highest BCUT2D eigenvalue weighted by atomic mass is 35.5. The fraction of sp³-hybridized carbons (Fsp3) is 0.250. The van der Waals surface area contributed by atoms with Crippen molar-refractivity contribution in [3.05, 3.63) is 39.2 Å². The zero-order chi connectivity index (χ0) is 14.3. The summed E-state index contributed by atoms with van der Waals surface area (Å²) in [6.07, 6.45) is 4.32. The van der Waals surface area contributed by atoms with Gasteiger partial charge in [0.1, 0.15) is 5.94 Å². The Hall–Kier alpha value is -1.43. The van der Waals surface area contributed by atoms with E-state index in [0.717, 1.165) is 0 Å². The van der Waals surface area contributed by atoms with E-state index >= 15 is 0 Å². The van der Waals surface area contributed by atoms with E-state index < -0.39 is 0 Å². The van der Waals surface area contributed by atoms with Gasteiger partial charge in [0.25, 0.3) is 0 Å². The highest BCUT2D eigenvalue weighted by molar-refractivity contribution is 7.18. The van der Waals surface area contributed by atoms with E-state index in [-0.39, 0.29) is 12.3 Å². The van der Waals surface area contributed by atoms with E-state index in [2.05, 4.69) is 11.7 Å². The van der Waals surface area contributed by atoms with Crippen LogP contribution in [0.3, 0.4) is 0 Å². The van der Waals surface area contributed by atoms with Crippen molar-refractivity contribution in [2.24, 2.45) is 11.7 Å². The Balaban J connectivity index is 0.000000861. The first kappa shape index (κ1) is 15.6. The van der Waals surface area contributed by atoms with Crippen molar-refractivity contribution < 1.29 is 9.59 Å². The topological polar surface area (TPSA) is 89.4 Å². The Labute approximate surface area is 120 Å². The fourth-order valence-electron chi connectivity index (χ4n) is 1.62. The van der Waals surface area contributed by atoms with Crippen LogP contribution in [0.15, 0.2) is 30.0 Å². The molecule has 19 heavy (non-hydrogen) atoms. The summed E-state index contributed by atoms with van der Waals surface area (Å²) in [5, 5.41) is 0. The summed E-state index contributed by atoms with van der Waals surface area (Å²) in [6, 6.07) is 3.43. The molecular weight excluding hydrogens is 286 g/mol. The first-order chi connectivity index (χ1) is 9.19. The summed E-state index contributed by atoms with van der Waals surface area (Å²) in [5.41, 5.74) is 0.671. The fourth-order valence-corrected chi connectivity index (χ4v) is 2.59. The molecule has 1 aliphatic heterocycles. The van der Waals surface area contributed by atoms with Crippen LogP contribution < -0.4 is 11.7 Å². The van der Waals surface area contributed by atoms with Crippen molar-refractivity contribution in [2.45, 2.75) is 6.42 Å². The lowest BCUT2D eigenvalue weighted by Gasteiger charge is -2.22. The standard InChI is InChI=1S/C12H10ClNO2S.H4N2/c13-12-4-3-11(17-12)10(16)7-14-5-1-2-9(6-14)8-15;1-2/h1,3-5H,2,6-7H2;1-2H2. The van der Waals surface area contributed by atoms with E-state index in [0.29, 0.717) is 27.8 Å². The summed E-state index contributed by atoms with van der Waals surface area (Å²) in [6.45, 7) is 0.739. The van der Waals surface area contributed by atoms with Crippen LogP contribution in [0.25, 0.3) is 0 Å². The number of halogens is 1. The van der Waals surface area contributed by atoms with E-state index in [9.17, 15) is 9.59 Å². The maximum atomic E-state index is 11.9. The van der Waals surface area contributed by atoms with Crippen LogP contribution >= 0.6 is 22.9 Å². The molecule has 5 nitrogen and oxygen atoms in total. The molecule has 0 saturated carbocycles. The molecule has 0 fully saturated rings. The average molecular weight is 300 g/mol. The SMILES string of the molecule is NN.O=C=C1CC=CN(CC(=O)c2ccc(Cl)s2)C1. The summed E-state index contributed by atoms with van der Waals surface area (Å²) >= 11 is 7.05. The summed E-state index contributed by atoms with van der Waals surface area (Å²) in [5.74, 6) is 9.91. The Morgan fingerprint density at radius 2 is 2.21 bits per heavy atom. The number of carbonyl (C=O) groups excluding carboxylic acids is 2. The van der Waals surface area contributed by atoms with Gasteiger partial charge in [0.15, 0.2) is 5.78 Å². The van der Waals surface area contributed by atoms with Crippen LogP contribution in [-0.2, 0) is 4.79 Å². The van der Waals surface area contributed by atoms with Gasteiger partial charge in [-0.15, -0.1) is 11.3 Å². The number of Topliss-reactive ketones (excluding diaryl/α,β-unsaturated/α-hetero) is 1. The number of thiophene rings is 1. The zero-order valence-electron chi connectivity index (χ0n) is 10.1. The second kappa shape index (κ2) is 7.89. The highest BCUT2D eigenvalue weighted by Gasteiger charge is 2.15. The number of hydrogen-bond acceptors (Lipinski definition) is 6. The number of nitrogens with zero attached hydrogens (tertiary/aromatic N) is 1. The van der Waals surface area contributed by atoms with Crippen molar-refractivity contribution in [1.29, 1.82) is 0 Å². The molecule has 0 radical (unpaired) electrons. The number of carbonyl (C=O) groups is 1. The highest BCUT2D eigenvalue weighted by Crippen LogP contribution is 2.22. The molecule has 0 saturated heterocycles. The van der Waals surface area contributed by atoms with Gasteiger partial charge in [0.05, 0.1) is 15.8 Å². The number of hydrazine groups is 1. The molecule has 1 aromatic rings. The van der Waals surface area contributed by atoms with E-state index in [1.807, 2.05) is 18.2 Å². The second-order valence-electron chi connectivity index (χ2n) is 3.73. The van der Waals surface area contributed by atoms with Gasteiger partial charge < -0.3 is 4.90 Å².